The Kier molecular flexibility index (Phi) is 6.70. The van der Waals surface area contributed by atoms with Crippen LogP contribution in [-0.2, 0) is 4.79 Å². The molecule has 5 heteroatoms. The summed E-state index contributed by atoms with van der Waals surface area (Å²) < 4.78 is 0. The van der Waals surface area contributed by atoms with Crippen LogP contribution in [0.25, 0.3) is 0 Å². The van der Waals surface area contributed by atoms with E-state index in [0.29, 0.717) is 22.3 Å². The van der Waals surface area contributed by atoms with Gasteiger partial charge in [-0.25, -0.2) is 0 Å². The summed E-state index contributed by atoms with van der Waals surface area (Å²) in [4.78, 5) is 12.1. The third kappa shape index (κ3) is 5.32. The molecule has 1 aliphatic rings. The zero-order chi connectivity index (χ0) is 15.8. The Balaban J connectivity index is 1.85. The van der Waals surface area contributed by atoms with Crippen molar-refractivity contribution in [2.24, 2.45) is 0 Å². The normalized spacial score (nSPS) is 16.4. The zero-order valence-electron chi connectivity index (χ0n) is 12.7. The van der Waals surface area contributed by atoms with Crippen LogP contribution in [0.5, 0.6) is 0 Å². The predicted molar refractivity (Wildman–Crippen MR) is 88.9 cm³/mol. The Morgan fingerprint density at radius 2 is 1.91 bits per heavy atom. The molecule has 0 unspecified atom stereocenters. The second kappa shape index (κ2) is 8.77. The highest BCUT2D eigenvalue weighted by Gasteiger charge is 2.13. The minimum Gasteiger partial charge on any atom is -0.324 e. The van der Waals surface area contributed by atoms with Gasteiger partial charge >= 0.3 is 0 Å². The lowest BCUT2D eigenvalue weighted by Crippen LogP contribution is -2.36. The molecule has 1 amide bonds. The molecule has 0 atom stereocenters. The van der Waals surface area contributed by atoms with Gasteiger partial charge in [-0.05, 0) is 31.0 Å². The lowest BCUT2D eigenvalue weighted by atomic mass is 9.97. The Morgan fingerprint density at radius 1 is 1.23 bits per heavy atom. The summed E-state index contributed by atoms with van der Waals surface area (Å²) in [5, 5.41) is 15.7. The number of amides is 1. The summed E-state index contributed by atoms with van der Waals surface area (Å²) in [6, 6.07) is 7.33. The highest BCUT2D eigenvalue weighted by atomic mass is 35.5. The molecule has 2 rings (SSSR count). The first-order valence-electron chi connectivity index (χ1n) is 7.92. The van der Waals surface area contributed by atoms with Gasteiger partial charge in [0, 0.05) is 11.1 Å². The second-order valence-electron chi connectivity index (χ2n) is 5.77. The highest BCUT2D eigenvalue weighted by Crippen LogP contribution is 2.20. The number of benzene rings is 1. The van der Waals surface area contributed by atoms with E-state index in [1.165, 1.54) is 32.1 Å². The third-order valence-corrected chi connectivity index (χ3v) is 4.27. The number of hydrogen-bond acceptors (Lipinski definition) is 3. The summed E-state index contributed by atoms with van der Waals surface area (Å²) >= 11 is 5.91. The molecule has 1 saturated carbocycles. The molecular weight excluding hydrogens is 298 g/mol. The van der Waals surface area contributed by atoms with Gasteiger partial charge in [-0.2, -0.15) is 5.26 Å². The van der Waals surface area contributed by atoms with Crippen molar-refractivity contribution in [3.63, 3.8) is 0 Å². The first-order valence-corrected chi connectivity index (χ1v) is 8.29. The van der Waals surface area contributed by atoms with Crippen molar-refractivity contribution in [1.82, 2.24) is 5.32 Å². The molecule has 0 saturated heterocycles. The SMILES string of the molecule is N#Cc1ccc(Cl)cc1NC(=O)CNC1CCCCCCC1. The van der Waals surface area contributed by atoms with Crippen molar-refractivity contribution < 1.29 is 4.79 Å². The summed E-state index contributed by atoms with van der Waals surface area (Å²) in [6.07, 6.45) is 8.63. The molecule has 118 valence electrons. The Labute approximate surface area is 136 Å². The van der Waals surface area contributed by atoms with Crippen LogP contribution in [0.15, 0.2) is 18.2 Å². The fourth-order valence-corrected chi connectivity index (χ4v) is 2.98. The van der Waals surface area contributed by atoms with Gasteiger partial charge in [0.05, 0.1) is 17.8 Å². The van der Waals surface area contributed by atoms with E-state index in [0.717, 1.165) is 12.8 Å². The highest BCUT2D eigenvalue weighted by molar-refractivity contribution is 6.31. The number of carbonyl (C=O) groups is 1. The van der Waals surface area contributed by atoms with Gasteiger partial charge in [-0.3, -0.25) is 4.79 Å². The van der Waals surface area contributed by atoms with E-state index < -0.39 is 0 Å². The van der Waals surface area contributed by atoms with E-state index in [1.807, 2.05) is 0 Å². The van der Waals surface area contributed by atoms with Crippen molar-refractivity contribution in [3.8, 4) is 6.07 Å². The van der Waals surface area contributed by atoms with Crippen LogP contribution in [0.1, 0.15) is 50.5 Å². The maximum absolute atomic E-state index is 12.1. The standard InChI is InChI=1S/C17H22ClN3O/c18-14-9-8-13(11-19)16(10-14)21-17(22)12-20-15-6-4-2-1-3-5-7-15/h8-10,15,20H,1-7,12H2,(H,21,22). The minimum atomic E-state index is -0.138. The molecular formula is C17H22ClN3O. The molecule has 1 aromatic carbocycles. The molecule has 0 heterocycles. The molecule has 0 radical (unpaired) electrons. The minimum absolute atomic E-state index is 0.138. The van der Waals surface area contributed by atoms with Crippen LogP contribution in [0.4, 0.5) is 5.69 Å². The monoisotopic (exact) mass is 319 g/mol. The zero-order valence-corrected chi connectivity index (χ0v) is 13.5. The average Bonchev–Trinajstić information content (AvgIpc) is 2.46. The summed E-state index contributed by atoms with van der Waals surface area (Å²) in [5.74, 6) is -0.138. The fraction of sp³-hybridized carbons (Fsp3) is 0.529. The quantitative estimate of drug-likeness (QED) is 0.885. The fourth-order valence-electron chi connectivity index (χ4n) is 2.81. The predicted octanol–water partition coefficient (Wildman–Crippen LogP) is 3.85. The Bertz CT molecular complexity index is 545. The van der Waals surface area contributed by atoms with Gasteiger partial charge in [0.25, 0.3) is 0 Å². The van der Waals surface area contributed by atoms with Gasteiger partial charge < -0.3 is 10.6 Å². The molecule has 0 aromatic heterocycles. The number of nitrogens with zero attached hydrogens (tertiary/aromatic N) is 1. The van der Waals surface area contributed by atoms with Crippen molar-refractivity contribution in [2.75, 3.05) is 11.9 Å². The lowest BCUT2D eigenvalue weighted by Gasteiger charge is -2.20. The average molecular weight is 320 g/mol. The smallest absolute Gasteiger partial charge is 0.238 e. The van der Waals surface area contributed by atoms with Crippen LogP contribution in [-0.4, -0.2) is 18.5 Å². The van der Waals surface area contributed by atoms with Crippen LogP contribution < -0.4 is 10.6 Å². The number of rotatable bonds is 4. The van der Waals surface area contributed by atoms with E-state index in [2.05, 4.69) is 16.7 Å². The second-order valence-corrected chi connectivity index (χ2v) is 6.21. The van der Waals surface area contributed by atoms with Gasteiger partial charge in [-0.15, -0.1) is 0 Å². The maximum atomic E-state index is 12.1. The van der Waals surface area contributed by atoms with E-state index >= 15 is 0 Å². The third-order valence-electron chi connectivity index (χ3n) is 4.03. The van der Waals surface area contributed by atoms with Crippen molar-refractivity contribution in [2.45, 2.75) is 51.0 Å². The largest absolute Gasteiger partial charge is 0.324 e. The van der Waals surface area contributed by atoms with Gasteiger partial charge in [0.1, 0.15) is 6.07 Å². The molecule has 1 aromatic rings. The molecule has 4 nitrogen and oxygen atoms in total. The maximum Gasteiger partial charge on any atom is 0.238 e. The first kappa shape index (κ1) is 16.8. The number of nitrogens with one attached hydrogen (secondary N) is 2. The van der Waals surface area contributed by atoms with Crippen molar-refractivity contribution >= 4 is 23.2 Å². The number of nitriles is 1. The van der Waals surface area contributed by atoms with Crippen LogP contribution in [0.3, 0.4) is 0 Å². The molecule has 0 spiro atoms. The number of halogens is 1. The van der Waals surface area contributed by atoms with Gasteiger partial charge in [0.2, 0.25) is 5.91 Å². The van der Waals surface area contributed by atoms with E-state index in [1.54, 1.807) is 18.2 Å². The van der Waals surface area contributed by atoms with Gasteiger partial charge in [0.15, 0.2) is 0 Å². The molecule has 22 heavy (non-hydrogen) atoms. The van der Waals surface area contributed by atoms with Crippen molar-refractivity contribution in [3.05, 3.63) is 28.8 Å². The number of carbonyl (C=O) groups excluding carboxylic acids is 1. The lowest BCUT2D eigenvalue weighted by molar-refractivity contribution is -0.115. The molecule has 1 aliphatic carbocycles. The molecule has 0 bridgehead atoms. The summed E-state index contributed by atoms with van der Waals surface area (Å²) in [6.45, 7) is 0.266. The molecule has 1 fully saturated rings. The number of anilines is 1. The van der Waals surface area contributed by atoms with E-state index in [4.69, 9.17) is 16.9 Å². The van der Waals surface area contributed by atoms with Crippen LogP contribution >= 0.6 is 11.6 Å². The topological polar surface area (TPSA) is 64.9 Å². The summed E-state index contributed by atoms with van der Waals surface area (Å²) in [5.41, 5.74) is 0.892. The first-order chi connectivity index (χ1) is 10.7. The van der Waals surface area contributed by atoms with Crippen molar-refractivity contribution in [1.29, 1.82) is 5.26 Å². The van der Waals surface area contributed by atoms with Gasteiger partial charge in [-0.1, -0.05) is 43.7 Å². The Morgan fingerprint density at radius 3 is 2.59 bits per heavy atom. The Hall–Kier alpha value is -1.57. The molecule has 0 aliphatic heterocycles. The van der Waals surface area contributed by atoms with Crippen LogP contribution in [0, 0.1) is 11.3 Å². The number of hydrogen-bond donors (Lipinski definition) is 2. The summed E-state index contributed by atoms with van der Waals surface area (Å²) in [7, 11) is 0. The molecule has 2 N–H and O–H groups in total. The van der Waals surface area contributed by atoms with E-state index in [9.17, 15) is 4.79 Å². The van der Waals surface area contributed by atoms with E-state index in [-0.39, 0.29) is 12.5 Å². The van der Waals surface area contributed by atoms with Crippen LogP contribution in [0.2, 0.25) is 5.02 Å².